The number of allylic oxidation sites excluding steroid dienone is 1. The van der Waals surface area contributed by atoms with Crippen molar-refractivity contribution in [3.8, 4) is 11.5 Å². The van der Waals surface area contributed by atoms with Crippen LogP contribution in [0.25, 0.3) is 6.08 Å². The summed E-state index contributed by atoms with van der Waals surface area (Å²) in [5.41, 5.74) is 4.12. The third kappa shape index (κ3) is 4.00. The van der Waals surface area contributed by atoms with E-state index in [2.05, 4.69) is 70.2 Å². The van der Waals surface area contributed by atoms with Crippen molar-refractivity contribution < 1.29 is 9.47 Å². The second-order valence-corrected chi connectivity index (χ2v) is 7.60. The van der Waals surface area contributed by atoms with Crippen LogP contribution in [0.5, 0.6) is 11.5 Å². The van der Waals surface area contributed by atoms with Crippen molar-refractivity contribution in [1.82, 2.24) is 0 Å². The summed E-state index contributed by atoms with van der Waals surface area (Å²) < 4.78 is 10.8. The maximum atomic E-state index is 5.42. The van der Waals surface area contributed by atoms with E-state index >= 15 is 0 Å². The number of benzene rings is 2. The van der Waals surface area contributed by atoms with Crippen molar-refractivity contribution in [3.05, 3.63) is 65.2 Å². The highest BCUT2D eigenvalue weighted by Crippen LogP contribution is 2.33. The summed E-state index contributed by atoms with van der Waals surface area (Å²) in [6.07, 6.45) is 5.47. The monoisotopic (exact) mass is 322 g/mol. The van der Waals surface area contributed by atoms with Gasteiger partial charge >= 0.3 is 0 Å². The van der Waals surface area contributed by atoms with E-state index < -0.39 is 0 Å². The lowest BCUT2D eigenvalue weighted by atomic mass is 9.86. The number of hydrogen-bond acceptors (Lipinski definition) is 2. The van der Waals surface area contributed by atoms with Crippen molar-refractivity contribution in [2.45, 2.75) is 39.5 Å². The minimum atomic E-state index is 0.212. The molecule has 2 nitrogen and oxygen atoms in total. The molecule has 2 aromatic rings. The quantitative estimate of drug-likeness (QED) is 0.729. The highest BCUT2D eigenvalue weighted by atomic mass is 16.7. The molecule has 0 fully saturated rings. The highest BCUT2D eigenvalue weighted by molar-refractivity contribution is 5.56. The maximum absolute atomic E-state index is 5.42. The topological polar surface area (TPSA) is 18.5 Å². The Morgan fingerprint density at radius 2 is 1.71 bits per heavy atom. The first-order chi connectivity index (χ1) is 11.4. The van der Waals surface area contributed by atoms with E-state index in [-0.39, 0.29) is 5.41 Å². The van der Waals surface area contributed by atoms with Gasteiger partial charge in [-0.2, -0.15) is 0 Å². The van der Waals surface area contributed by atoms with Crippen molar-refractivity contribution in [3.63, 3.8) is 0 Å². The minimum absolute atomic E-state index is 0.212. The Bertz CT molecular complexity index is 721. The molecule has 0 saturated carbocycles. The molecule has 1 atom stereocenters. The summed E-state index contributed by atoms with van der Waals surface area (Å²) in [7, 11) is 0. The summed E-state index contributed by atoms with van der Waals surface area (Å²) in [5.74, 6) is 2.15. The van der Waals surface area contributed by atoms with Gasteiger partial charge in [-0.1, -0.05) is 70.2 Å². The van der Waals surface area contributed by atoms with Gasteiger partial charge in [0.2, 0.25) is 6.79 Å². The van der Waals surface area contributed by atoms with Crippen LogP contribution in [0.4, 0.5) is 0 Å². The average Bonchev–Trinajstić information content (AvgIpc) is 3.00. The fourth-order valence-corrected chi connectivity index (χ4v) is 2.87. The van der Waals surface area contributed by atoms with Crippen LogP contribution in [0.1, 0.15) is 44.4 Å². The van der Waals surface area contributed by atoms with Crippen molar-refractivity contribution in [1.29, 1.82) is 0 Å². The first-order valence-corrected chi connectivity index (χ1v) is 8.59. The van der Waals surface area contributed by atoms with Crippen LogP contribution in [0.3, 0.4) is 0 Å². The molecule has 1 aliphatic heterocycles. The summed E-state index contributed by atoms with van der Waals surface area (Å²) in [5, 5.41) is 0. The predicted octanol–water partition coefficient (Wildman–Crippen LogP) is 5.60. The van der Waals surface area contributed by atoms with Crippen molar-refractivity contribution >= 4 is 6.08 Å². The third-order valence-corrected chi connectivity index (χ3v) is 4.39. The molecule has 126 valence electrons. The van der Waals surface area contributed by atoms with Gasteiger partial charge in [0.15, 0.2) is 11.5 Å². The molecule has 1 unspecified atom stereocenters. The lowest BCUT2D eigenvalue weighted by Gasteiger charge is -2.19. The van der Waals surface area contributed by atoms with Gasteiger partial charge in [-0.15, -0.1) is 0 Å². The van der Waals surface area contributed by atoms with Crippen LogP contribution in [-0.4, -0.2) is 6.79 Å². The molecule has 1 heterocycles. The van der Waals surface area contributed by atoms with E-state index in [9.17, 15) is 0 Å². The van der Waals surface area contributed by atoms with Crippen LogP contribution < -0.4 is 9.47 Å². The lowest BCUT2D eigenvalue weighted by molar-refractivity contribution is 0.174. The molecular formula is C22H26O2. The van der Waals surface area contributed by atoms with Gasteiger partial charge in [0, 0.05) is 0 Å². The van der Waals surface area contributed by atoms with Crippen molar-refractivity contribution in [2.75, 3.05) is 6.79 Å². The summed E-state index contributed by atoms with van der Waals surface area (Å²) in [6, 6.07) is 15.1. The van der Waals surface area contributed by atoms with Crippen LogP contribution in [0.15, 0.2) is 48.5 Å². The Balaban J connectivity index is 1.62. The number of fused-ring (bicyclic) bond motifs is 1. The van der Waals surface area contributed by atoms with Gasteiger partial charge < -0.3 is 9.47 Å². The average molecular weight is 322 g/mol. The Labute approximate surface area is 145 Å². The maximum Gasteiger partial charge on any atom is 0.231 e. The molecule has 0 aromatic heterocycles. The van der Waals surface area contributed by atoms with E-state index in [4.69, 9.17) is 9.47 Å². The van der Waals surface area contributed by atoms with Gasteiger partial charge in [-0.05, 0) is 46.6 Å². The molecule has 0 amide bonds. The highest BCUT2D eigenvalue weighted by Gasteiger charge is 2.13. The predicted molar refractivity (Wildman–Crippen MR) is 99.6 cm³/mol. The smallest absolute Gasteiger partial charge is 0.231 e. The second kappa shape index (κ2) is 6.72. The summed E-state index contributed by atoms with van der Waals surface area (Å²) in [4.78, 5) is 0. The zero-order valence-corrected chi connectivity index (χ0v) is 15.0. The van der Waals surface area contributed by atoms with Crippen LogP contribution in [0, 0.1) is 5.92 Å². The number of rotatable bonds is 4. The van der Waals surface area contributed by atoms with Crippen LogP contribution in [-0.2, 0) is 11.8 Å². The summed E-state index contributed by atoms with van der Waals surface area (Å²) >= 11 is 0. The van der Waals surface area contributed by atoms with E-state index in [1.807, 2.05) is 12.1 Å². The van der Waals surface area contributed by atoms with Gasteiger partial charge in [-0.25, -0.2) is 0 Å². The molecule has 1 aliphatic rings. The zero-order chi connectivity index (χ0) is 17.2. The van der Waals surface area contributed by atoms with Gasteiger partial charge in [0.25, 0.3) is 0 Å². The zero-order valence-electron chi connectivity index (χ0n) is 15.0. The molecule has 0 N–H and O–H groups in total. The van der Waals surface area contributed by atoms with E-state index in [0.29, 0.717) is 12.7 Å². The molecule has 0 aliphatic carbocycles. The standard InChI is InChI=1S/C22H26O2/c1-16(13-17-7-10-19(11-8-17)22(2,3)4)5-6-18-9-12-20-21(14-18)24-15-23-20/h5-12,14,16H,13,15H2,1-4H3. The van der Waals surface area contributed by atoms with Crippen LogP contribution >= 0.6 is 0 Å². The molecule has 2 aromatic carbocycles. The normalized spacial score (nSPS) is 15.0. The second-order valence-electron chi connectivity index (χ2n) is 7.60. The molecular weight excluding hydrogens is 296 g/mol. The summed E-state index contributed by atoms with van der Waals surface area (Å²) in [6.45, 7) is 9.32. The first-order valence-electron chi connectivity index (χ1n) is 8.59. The van der Waals surface area contributed by atoms with Gasteiger partial charge in [0.1, 0.15) is 0 Å². The largest absolute Gasteiger partial charge is 0.454 e. The fraction of sp³-hybridized carbons (Fsp3) is 0.364. The van der Waals surface area contributed by atoms with Crippen LogP contribution in [0.2, 0.25) is 0 Å². The molecule has 2 heteroatoms. The molecule has 0 spiro atoms. The number of ether oxygens (including phenoxy) is 2. The van der Waals surface area contributed by atoms with Crippen molar-refractivity contribution in [2.24, 2.45) is 5.92 Å². The third-order valence-electron chi connectivity index (χ3n) is 4.39. The van der Waals surface area contributed by atoms with E-state index in [0.717, 1.165) is 23.5 Å². The SMILES string of the molecule is CC(C=Cc1ccc2c(c1)OCO2)Cc1ccc(C(C)(C)C)cc1. The Hall–Kier alpha value is -2.22. The fourth-order valence-electron chi connectivity index (χ4n) is 2.87. The first kappa shape index (κ1) is 16.6. The molecule has 3 rings (SSSR count). The molecule has 0 bridgehead atoms. The molecule has 0 radical (unpaired) electrons. The Kier molecular flexibility index (Phi) is 4.66. The Morgan fingerprint density at radius 3 is 2.42 bits per heavy atom. The molecule has 0 saturated heterocycles. The molecule has 24 heavy (non-hydrogen) atoms. The minimum Gasteiger partial charge on any atom is -0.454 e. The Morgan fingerprint density at radius 1 is 1.00 bits per heavy atom. The van der Waals surface area contributed by atoms with Gasteiger partial charge in [-0.3, -0.25) is 0 Å². The van der Waals surface area contributed by atoms with E-state index in [1.165, 1.54) is 11.1 Å². The van der Waals surface area contributed by atoms with E-state index in [1.54, 1.807) is 0 Å². The lowest BCUT2D eigenvalue weighted by Crippen LogP contribution is -2.10. The number of hydrogen-bond donors (Lipinski definition) is 0. The van der Waals surface area contributed by atoms with Gasteiger partial charge in [0.05, 0.1) is 0 Å².